The highest BCUT2D eigenvalue weighted by molar-refractivity contribution is 5.92. The Morgan fingerprint density at radius 2 is 1.41 bits per heavy atom. The van der Waals surface area contributed by atoms with Crippen LogP contribution in [0.15, 0.2) is 78.9 Å². The van der Waals surface area contributed by atoms with Gasteiger partial charge in [-0.25, -0.2) is 18.0 Å². The van der Waals surface area contributed by atoms with Gasteiger partial charge in [-0.05, 0) is 60.9 Å². The lowest BCUT2D eigenvalue weighted by molar-refractivity contribution is 0.0728. The summed E-state index contributed by atoms with van der Waals surface area (Å²) in [5.74, 6) is -3.59. The number of hydrogen-bond acceptors (Lipinski definition) is 3. The van der Waals surface area contributed by atoms with Gasteiger partial charge in [0.15, 0.2) is 23.2 Å². The number of rotatable bonds is 6. The van der Waals surface area contributed by atoms with Gasteiger partial charge < -0.3 is 9.47 Å². The van der Waals surface area contributed by atoms with Crippen LogP contribution < -0.4 is 9.47 Å². The molecule has 3 nitrogen and oxygen atoms in total. The molecule has 0 atom stereocenters. The second-order valence-electron chi connectivity index (χ2n) is 7.65. The molecule has 0 saturated carbocycles. The molecular formula is C28H21F3O3. The molecule has 0 amide bonds. The van der Waals surface area contributed by atoms with Crippen LogP contribution >= 0.6 is 0 Å². The molecule has 0 aliphatic rings. The van der Waals surface area contributed by atoms with Crippen molar-refractivity contribution in [1.29, 1.82) is 0 Å². The van der Waals surface area contributed by atoms with Gasteiger partial charge in [0.05, 0.1) is 12.2 Å². The molecule has 4 aromatic carbocycles. The number of aryl methyl sites for hydroxylation is 1. The minimum Gasteiger partial charge on any atom is -0.491 e. The molecule has 0 aliphatic heterocycles. The molecule has 172 valence electrons. The lowest BCUT2D eigenvalue weighted by Gasteiger charge is -2.10. The summed E-state index contributed by atoms with van der Waals surface area (Å²) in [6.07, 6.45) is 0. The first-order chi connectivity index (χ1) is 16.4. The van der Waals surface area contributed by atoms with E-state index in [1.807, 2.05) is 6.92 Å². The Balaban J connectivity index is 1.51. The summed E-state index contributed by atoms with van der Waals surface area (Å²) in [5.41, 5.74) is 2.33. The molecule has 4 rings (SSSR count). The van der Waals surface area contributed by atoms with Crippen LogP contribution in [0.1, 0.15) is 22.8 Å². The van der Waals surface area contributed by atoms with E-state index < -0.39 is 29.0 Å². The molecule has 4 aromatic rings. The zero-order chi connectivity index (χ0) is 24.2. The van der Waals surface area contributed by atoms with Gasteiger partial charge in [0.1, 0.15) is 5.75 Å². The van der Waals surface area contributed by atoms with E-state index in [1.165, 1.54) is 30.3 Å². The summed E-state index contributed by atoms with van der Waals surface area (Å²) in [4.78, 5) is 12.5. The fourth-order valence-corrected chi connectivity index (χ4v) is 3.49. The van der Waals surface area contributed by atoms with E-state index in [1.54, 1.807) is 55.5 Å². The van der Waals surface area contributed by atoms with Crippen LogP contribution in [0.5, 0.6) is 11.5 Å². The van der Waals surface area contributed by atoms with E-state index in [2.05, 4.69) is 0 Å². The fourth-order valence-electron chi connectivity index (χ4n) is 3.49. The van der Waals surface area contributed by atoms with Gasteiger partial charge in [0.2, 0.25) is 0 Å². The van der Waals surface area contributed by atoms with Gasteiger partial charge in [0.25, 0.3) is 0 Å². The molecule has 0 spiro atoms. The maximum atomic E-state index is 14.7. The normalized spacial score (nSPS) is 10.7. The number of halogens is 3. The monoisotopic (exact) mass is 462 g/mol. The fraction of sp³-hybridized carbons (Fsp3) is 0.107. The zero-order valence-electron chi connectivity index (χ0n) is 18.6. The highest BCUT2D eigenvalue weighted by atomic mass is 19.2. The van der Waals surface area contributed by atoms with Crippen molar-refractivity contribution in [2.75, 3.05) is 6.61 Å². The van der Waals surface area contributed by atoms with Crippen molar-refractivity contribution in [2.45, 2.75) is 13.8 Å². The molecule has 6 heteroatoms. The van der Waals surface area contributed by atoms with Crippen LogP contribution in [-0.2, 0) is 0 Å². The second kappa shape index (κ2) is 9.83. The number of carbonyl (C=O) groups excluding carboxylic acids is 1. The van der Waals surface area contributed by atoms with Crippen LogP contribution in [0.2, 0.25) is 0 Å². The highest BCUT2D eigenvalue weighted by Gasteiger charge is 2.21. The molecule has 0 N–H and O–H groups in total. The van der Waals surface area contributed by atoms with Gasteiger partial charge in [-0.3, -0.25) is 0 Å². The molecule has 0 aliphatic carbocycles. The minimum absolute atomic E-state index is 0.0565. The topological polar surface area (TPSA) is 35.5 Å². The van der Waals surface area contributed by atoms with Gasteiger partial charge in [0, 0.05) is 5.56 Å². The van der Waals surface area contributed by atoms with E-state index in [0.717, 1.165) is 5.56 Å². The number of esters is 1. The van der Waals surface area contributed by atoms with Crippen LogP contribution in [0.3, 0.4) is 0 Å². The van der Waals surface area contributed by atoms with Crippen LogP contribution in [0, 0.1) is 24.4 Å². The molecule has 0 saturated heterocycles. The SMILES string of the molecule is CCOc1ccc(-c2ccc(OC(=O)c3ccc(-c4ccc(C)cc4)c(F)c3F)cc2)cc1F. The summed E-state index contributed by atoms with van der Waals surface area (Å²) in [7, 11) is 0. The summed E-state index contributed by atoms with van der Waals surface area (Å²) >= 11 is 0. The van der Waals surface area contributed by atoms with Crippen molar-refractivity contribution in [2.24, 2.45) is 0 Å². The van der Waals surface area contributed by atoms with E-state index in [4.69, 9.17) is 9.47 Å². The zero-order valence-corrected chi connectivity index (χ0v) is 18.6. The Hall–Kier alpha value is -4.06. The van der Waals surface area contributed by atoms with Crippen molar-refractivity contribution in [3.63, 3.8) is 0 Å². The van der Waals surface area contributed by atoms with Gasteiger partial charge in [-0.15, -0.1) is 0 Å². The average molecular weight is 462 g/mol. The third-order valence-electron chi connectivity index (χ3n) is 5.29. The standard InChI is InChI=1S/C28H21F3O3/c1-3-33-25-15-10-20(16-24(25)29)18-8-11-21(12-9-18)34-28(32)23-14-13-22(26(30)27(23)31)19-6-4-17(2)5-7-19/h4-16H,3H2,1-2H3. The number of ether oxygens (including phenoxy) is 2. The summed E-state index contributed by atoms with van der Waals surface area (Å²) in [6.45, 7) is 4.02. The quantitative estimate of drug-likeness (QED) is 0.222. The first kappa shape index (κ1) is 23.1. The Labute approximate surface area is 195 Å². The number of hydrogen-bond donors (Lipinski definition) is 0. The van der Waals surface area contributed by atoms with E-state index in [0.29, 0.717) is 23.3 Å². The van der Waals surface area contributed by atoms with Crippen molar-refractivity contribution < 1.29 is 27.4 Å². The van der Waals surface area contributed by atoms with Crippen molar-refractivity contribution in [3.05, 3.63) is 107 Å². The van der Waals surface area contributed by atoms with Crippen molar-refractivity contribution in [3.8, 4) is 33.8 Å². The molecule has 0 bridgehead atoms. The van der Waals surface area contributed by atoms with E-state index >= 15 is 0 Å². The van der Waals surface area contributed by atoms with Crippen LogP contribution in [-0.4, -0.2) is 12.6 Å². The summed E-state index contributed by atoms with van der Waals surface area (Å²) in [5, 5.41) is 0. The predicted octanol–water partition coefficient (Wildman–Crippen LogP) is 7.36. The maximum absolute atomic E-state index is 14.7. The number of benzene rings is 4. The Bertz CT molecular complexity index is 1330. The third-order valence-corrected chi connectivity index (χ3v) is 5.29. The predicted molar refractivity (Wildman–Crippen MR) is 124 cm³/mol. The minimum atomic E-state index is -1.27. The van der Waals surface area contributed by atoms with Crippen LogP contribution in [0.25, 0.3) is 22.3 Å². The summed E-state index contributed by atoms with van der Waals surface area (Å²) < 4.78 is 53.9. The molecule has 0 fully saturated rings. The highest BCUT2D eigenvalue weighted by Crippen LogP contribution is 2.29. The summed E-state index contributed by atoms with van der Waals surface area (Å²) in [6, 6.07) is 20.4. The lowest BCUT2D eigenvalue weighted by Crippen LogP contribution is -2.12. The van der Waals surface area contributed by atoms with Crippen molar-refractivity contribution >= 4 is 5.97 Å². The van der Waals surface area contributed by atoms with Gasteiger partial charge in [-0.2, -0.15) is 0 Å². The van der Waals surface area contributed by atoms with Gasteiger partial charge >= 0.3 is 5.97 Å². The maximum Gasteiger partial charge on any atom is 0.346 e. The largest absolute Gasteiger partial charge is 0.491 e. The molecular weight excluding hydrogens is 441 g/mol. The van der Waals surface area contributed by atoms with Crippen LogP contribution in [0.4, 0.5) is 13.2 Å². The Kier molecular flexibility index (Phi) is 6.68. The molecule has 0 radical (unpaired) electrons. The molecule has 0 aromatic heterocycles. The number of carbonyl (C=O) groups is 1. The first-order valence-corrected chi connectivity index (χ1v) is 10.7. The van der Waals surface area contributed by atoms with E-state index in [-0.39, 0.29) is 17.1 Å². The first-order valence-electron chi connectivity index (χ1n) is 10.7. The third kappa shape index (κ3) is 4.81. The molecule has 34 heavy (non-hydrogen) atoms. The second-order valence-corrected chi connectivity index (χ2v) is 7.65. The van der Waals surface area contributed by atoms with E-state index in [9.17, 15) is 18.0 Å². The smallest absolute Gasteiger partial charge is 0.346 e. The molecule has 0 unspecified atom stereocenters. The lowest BCUT2D eigenvalue weighted by atomic mass is 10.0. The van der Waals surface area contributed by atoms with Gasteiger partial charge in [-0.1, -0.05) is 54.1 Å². The molecule has 0 heterocycles. The Morgan fingerprint density at radius 3 is 2.06 bits per heavy atom. The Morgan fingerprint density at radius 1 is 0.765 bits per heavy atom. The van der Waals surface area contributed by atoms with Crippen molar-refractivity contribution in [1.82, 2.24) is 0 Å². The average Bonchev–Trinajstić information content (AvgIpc) is 2.83.